The second-order valence-electron chi connectivity index (χ2n) is 6.03. The summed E-state index contributed by atoms with van der Waals surface area (Å²) in [6.07, 6.45) is 1.75. The largest absolute Gasteiger partial charge is 0.481 e. The normalized spacial score (nSPS) is 23.8. The Morgan fingerprint density at radius 2 is 2.21 bits per heavy atom. The second kappa shape index (κ2) is 7.61. The molecule has 7 heteroatoms. The minimum atomic E-state index is -1.32. The van der Waals surface area contributed by atoms with Crippen molar-refractivity contribution in [3.8, 4) is 5.88 Å². The van der Waals surface area contributed by atoms with E-state index in [0.29, 0.717) is 31.6 Å². The van der Waals surface area contributed by atoms with Crippen molar-refractivity contribution in [2.75, 3.05) is 19.7 Å². The van der Waals surface area contributed by atoms with E-state index in [9.17, 15) is 19.8 Å². The zero-order valence-corrected chi connectivity index (χ0v) is 14.1. The maximum absolute atomic E-state index is 12.8. The zero-order valence-electron chi connectivity index (χ0n) is 14.1. The summed E-state index contributed by atoms with van der Waals surface area (Å²) in [5.74, 6) is -1.14. The first-order valence-corrected chi connectivity index (χ1v) is 8.24. The van der Waals surface area contributed by atoms with Crippen LogP contribution in [0.15, 0.2) is 18.3 Å². The van der Waals surface area contributed by atoms with Crippen LogP contribution in [0, 0.1) is 5.41 Å². The number of aliphatic carboxylic acids is 1. The Morgan fingerprint density at radius 3 is 2.83 bits per heavy atom. The van der Waals surface area contributed by atoms with Crippen molar-refractivity contribution in [2.24, 2.45) is 5.41 Å². The molecule has 0 radical (unpaired) electrons. The second-order valence-corrected chi connectivity index (χ2v) is 6.03. The molecule has 2 atom stereocenters. The molecule has 0 saturated carbocycles. The van der Waals surface area contributed by atoms with Gasteiger partial charge in [-0.2, -0.15) is 0 Å². The molecule has 1 amide bonds. The summed E-state index contributed by atoms with van der Waals surface area (Å²) in [5, 5.41) is 19.9. The number of aromatic nitrogens is 1. The Bertz CT molecular complexity index is 606. The van der Waals surface area contributed by atoms with Crippen LogP contribution in [0.25, 0.3) is 0 Å². The first-order valence-electron chi connectivity index (χ1n) is 8.24. The van der Waals surface area contributed by atoms with Gasteiger partial charge in [-0.3, -0.25) is 9.59 Å². The molecule has 2 heterocycles. The molecule has 0 aliphatic carbocycles. The predicted octanol–water partition coefficient (Wildman–Crippen LogP) is 1.56. The van der Waals surface area contributed by atoms with Crippen molar-refractivity contribution in [1.82, 2.24) is 9.88 Å². The predicted molar refractivity (Wildman–Crippen MR) is 86.9 cm³/mol. The molecule has 0 bridgehead atoms. The number of likely N-dealkylation sites (tertiary alicyclic amines) is 1. The summed E-state index contributed by atoms with van der Waals surface area (Å²) in [5.41, 5.74) is -1.01. The molecule has 132 valence electrons. The number of carbonyl (C=O) groups is 2. The van der Waals surface area contributed by atoms with Gasteiger partial charge < -0.3 is 19.8 Å². The van der Waals surface area contributed by atoms with E-state index in [1.807, 2.05) is 6.92 Å². The maximum Gasteiger partial charge on any atom is 0.314 e. The number of hydrogen-bond donors (Lipinski definition) is 2. The van der Waals surface area contributed by atoms with E-state index < -0.39 is 17.5 Å². The number of nitrogens with zero attached hydrogens (tertiary/aromatic N) is 2. The molecule has 1 aromatic heterocycles. The molecule has 1 aliphatic rings. The van der Waals surface area contributed by atoms with Crippen LogP contribution in [0.4, 0.5) is 0 Å². The van der Waals surface area contributed by atoms with Gasteiger partial charge in [0.15, 0.2) is 0 Å². The Labute approximate surface area is 141 Å². The third-order valence-electron chi connectivity index (χ3n) is 4.48. The van der Waals surface area contributed by atoms with Crippen LogP contribution in [0.5, 0.6) is 5.88 Å². The van der Waals surface area contributed by atoms with Gasteiger partial charge in [0.1, 0.15) is 11.0 Å². The minimum absolute atomic E-state index is 0.0172. The summed E-state index contributed by atoms with van der Waals surface area (Å²) >= 11 is 0. The van der Waals surface area contributed by atoms with Crippen molar-refractivity contribution in [3.63, 3.8) is 0 Å². The van der Waals surface area contributed by atoms with E-state index >= 15 is 0 Å². The smallest absolute Gasteiger partial charge is 0.314 e. The number of piperidine rings is 1. The molecule has 24 heavy (non-hydrogen) atoms. The van der Waals surface area contributed by atoms with Gasteiger partial charge in [0.2, 0.25) is 5.88 Å². The summed E-state index contributed by atoms with van der Waals surface area (Å²) in [6, 6.07) is 3.26. The van der Waals surface area contributed by atoms with Crippen LogP contribution in [0.2, 0.25) is 0 Å². The van der Waals surface area contributed by atoms with Crippen molar-refractivity contribution in [2.45, 2.75) is 39.2 Å². The van der Waals surface area contributed by atoms with Gasteiger partial charge in [-0.05, 0) is 31.9 Å². The number of carbonyl (C=O) groups excluding carboxylic acids is 1. The summed E-state index contributed by atoms with van der Waals surface area (Å²) in [7, 11) is 0. The summed E-state index contributed by atoms with van der Waals surface area (Å²) in [4.78, 5) is 30.2. The van der Waals surface area contributed by atoms with Gasteiger partial charge in [0.25, 0.3) is 5.91 Å². The van der Waals surface area contributed by atoms with Crippen LogP contribution in [-0.4, -0.2) is 57.8 Å². The van der Waals surface area contributed by atoms with Crippen molar-refractivity contribution in [1.29, 1.82) is 0 Å². The van der Waals surface area contributed by atoms with E-state index in [2.05, 4.69) is 4.98 Å². The number of amides is 1. The van der Waals surface area contributed by atoms with Crippen molar-refractivity contribution < 1.29 is 24.5 Å². The fourth-order valence-electron chi connectivity index (χ4n) is 3.24. The molecule has 0 aromatic carbocycles. The number of aliphatic hydroxyl groups is 1. The number of carboxylic acids is 1. The SMILES string of the molecule is CCC[C@@]1(C(=O)O)CN(C(=O)c2cccnc2OCC)CC[C@H]1O. The standard InChI is InChI=1S/C17H24N2O5/c1-3-8-17(16(22)23)11-19(10-7-13(17)20)15(21)12-6-5-9-18-14(12)24-4-2/h5-6,9,13,20H,3-4,7-8,10-11H2,1-2H3,(H,22,23)/t13-,17-/m1/s1. The highest BCUT2D eigenvalue weighted by atomic mass is 16.5. The Hall–Kier alpha value is -2.15. The van der Waals surface area contributed by atoms with Gasteiger partial charge in [0, 0.05) is 19.3 Å². The first kappa shape index (κ1) is 18.2. The molecule has 1 fully saturated rings. The van der Waals surface area contributed by atoms with E-state index in [1.54, 1.807) is 25.3 Å². The topological polar surface area (TPSA) is 100.0 Å². The molecule has 2 rings (SSSR count). The summed E-state index contributed by atoms with van der Waals surface area (Å²) in [6.45, 7) is 4.34. The highest BCUT2D eigenvalue weighted by Crippen LogP contribution is 2.36. The lowest BCUT2D eigenvalue weighted by Crippen LogP contribution is -2.57. The highest BCUT2D eigenvalue weighted by molar-refractivity contribution is 5.96. The molecule has 7 nitrogen and oxygen atoms in total. The molecule has 1 aliphatic heterocycles. The average molecular weight is 336 g/mol. The van der Waals surface area contributed by atoms with Crippen LogP contribution >= 0.6 is 0 Å². The number of carboxylic acid groups (broad SMARTS) is 1. The molecule has 0 spiro atoms. The number of aliphatic hydroxyl groups excluding tert-OH is 1. The number of hydrogen-bond acceptors (Lipinski definition) is 5. The van der Waals surface area contributed by atoms with Crippen LogP contribution in [-0.2, 0) is 4.79 Å². The fraction of sp³-hybridized carbons (Fsp3) is 0.588. The van der Waals surface area contributed by atoms with Crippen LogP contribution in [0.3, 0.4) is 0 Å². The Morgan fingerprint density at radius 1 is 1.46 bits per heavy atom. The average Bonchev–Trinajstić information content (AvgIpc) is 2.57. The van der Waals surface area contributed by atoms with E-state index in [1.165, 1.54) is 4.90 Å². The van der Waals surface area contributed by atoms with Crippen molar-refractivity contribution in [3.05, 3.63) is 23.9 Å². The van der Waals surface area contributed by atoms with Crippen molar-refractivity contribution >= 4 is 11.9 Å². The number of rotatable bonds is 6. The Kier molecular flexibility index (Phi) is 5.77. The highest BCUT2D eigenvalue weighted by Gasteiger charge is 2.49. The molecular formula is C17H24N2O5. The number of ether oxygens (including phenoxy) is 1. The monoisotopic (exact) mass is 336 g/mol. The maximum atomic E-state index is 12.8. The van der Waals surface area contributed by atoms with Gasteiger partial charge in [-0.25, -0.2) is 4.98 Å². The lowest BCUT2D eigenvalue weighted by molar-refractivity contribution is -0.162. The van der Waals surface area contributed by atoms with Crippen LogP contribution < -0.4 is 4.74 Å². The lowest BCUT2D eigenvalue weighted by atomic mass is 9.74. The minimum Gasteiger partial charge on any atom is -0.481 e. The molecular weight excluding hydrogens is 312 g/mol. The quantitative estimate of drug-likeness (QED) is 0.818. The van der Waals surface area contributed by atoms with E-state index in [0.717, 1.165) is 0 Å². The molecule has 2 N–H and O–H groups in total. The van der Waals surface area contributed by atoms with E-state index in [-0.39, 0.29) is 24.8 Å². The molecule has 0 unspecified atom stereocenters. The summed E-state index contributed by atoms with van der Waals surface area (Å²) < 4.78 is 5.39. The van der Waals surface area contributed by atoms with Gasteiger partial charge in [-0.15, -0.1) is 0 Å². The van der Waals surface area contributed by atoms with Gasteiger partial charge in [0.05, 0.1) is 12.7 Å². The molecule has 1 aromatic rings. The fourth-order valence-corrected chi connectivity index (χ4v) is 3.24. The third kappa shape index (κ3) is 3.36. The zero-order chi connectivity index (χ0) is 17.7. The van der Waals surface area contributed by atoms with Gasteiger partial charge in [-0.1, -0.05) is 13.3 Å². The lowest BCUT2D eigenvalue weighted by Gasteiger charge is -2.43. The number of pyridine rings is 1. The van der Waals surface area contributed by atoms with E-state index in [4.69, 9.17) is 4.74 Å². The van der Waals surface area contributed by atoms with Gasteiger partial charge >= 0.3 is 5.97 Å². The first-order chi connectivity index (χ1) is 11.5. The molecule has 1 saturated heterocycles. The van der Waals surface area contributed by atoms with Crippen LogP contribution in [0.1, 0.15) is 43.5 Å². The Balaban J connectivity index is 2.29. The third-order valence-corrected chi connectivity index (χ3v) is 4.48.